The fourth-order valence-corrected chi connectivity index (χ4v) is 3.36. The predicted octanol–water partition coefficient (Wildman–Crippen LogP) is 7.31. The lowest BCUT2D eigenvalue weighted by Crippen LogP contribution is -2.35. The van der Waals surface area contributed by atoms with E-state index in [1.165, 1.54) is 24.5 Å². The van der Waals surface area contributed by atoms with Crippen LogP contribution in [0.15, 0.2) is 42.5 Å². The van der Waals surface area contributed by atoms with Crippen LogP contribution in [0.4, 0.5) is 19.3 Å². The van der Waals surface area contributed by atoms with E-state index < -0.39 is 11.6 Å². The van der Waals surface area contributed by atoms with Crippen LogP contribution in [0.5, 0.6) is 0 Å². The first-order chi connectivity index (χ1) is 14.5. The van der Waals surface area contributed by atoms with Gasteiger partial charge in [0.25, 0.3) is 0 Å². The van der Waals surface area contributed by atoms with E-state index in [4.69, 9.17) is 0 Å². The van der Waals surface area contributed by atoms with Gasteiger partial charge < -0.3 is 10.2 Å². The van der Waals surface area contributed by atoms with Gasteiger partial charge in [-0.1, -0.05) is 70.2 Å². The van der Waals surface area contributed by atoms with Crippen LogP contribution in [0, 0.1) is 11.6 Å². The monoisotopic (exact) mass is 416 g/mol. The van der Waals surface area contributed by atoms with Crippen LogP contribution in [-0.4, -0.2) is 17.5 Å². The summed E-state index contributed by atoms with van der Waals surface area (Å²) in [6.07, 6.45) is 8.83. The molecule has 0 aliphatic rings. The van der Waals surface area contributed by atoms with Gasteiger partial charge in [-0.05, 0) is 42.5 Å². The minimum Gasteiger partial charge on any atom is -0.320 e. The smallest absolute Gasteiger partial charge is 0.320 e. The molecule has 3 nitrogen and oxygen atoms in total. The highest BCUT2D eigenvalue weighted by Gasteiger charge is 2.16. The molecular formula is C25H34F2N2O. The number of aryl methyl sites for hydroxylation is 1. The second-order valence-electron chi connectivity index (χ2n) is 7.81. The van der Waals surface area contributed by atoms with E-state index in [1.54, 1.807) is 4.90 Å². The van der Waals surface area contributed by atoms with Crippen LogP contribution in [0.3, 0.4) is 0 Å². The van der Waals surface area contributed by atoms with Gasteiger partial charge in [-0.15, -0.1) is 0 Å². The first-order valence-corrected chi connectivity index (χ1v) is 11.1. The molecule has 2 rings (SSSR count). The number of carbonyl (C=O) groups excluding carboxylic acids is 1. The average Bonchev–Trinajstić information content (AvgIpc) is 2.74. The van der Waals surface area contributed by atoms with Crippen molar-refractivity contribution in [3.63, 3.8) is 0 Å². The van der Waals surface area contributed by atoms with Crippen LogP contribution in [0.1, 0.15) is 69.9 Å². The van der Waals surface area contributed by atoms with Gasteiger partial charge in [0.1, 0.15) is 11.6 Å². The summed E-state index contributed by atoms with van der Waals surface area (Å²) in [5.41, 5.74) is 2.33. The molecule has 0 aliphatic carbocycles. The number of hydrogen-bond acceptors (Lipinski definition) is 1. The maximum atomic E-state index is 14.0. The molecule has 0 bridgehead atoms. The molecule has 0 heterocycles. The lowest BCUT2D eigenvalue weighted by atomic mass is 10.1. The minimum atomic E-state index is -0.772. The Labute approximate surface area is 179 Å². The normalized spacial score (nSPS) is 10.8. The molecule has 0 atom stereocenters. The number of nitrogens with zero attached hydrogens (tertiary/aromatic N) is 1. The zero-order chi connectivity index (χ0) is 21.8. The second-order valence-corrected chi connectivity index (χ2v) is 7.81. The van der Waals surface area contributed by atoms with Crippen LogP contribution >= 0.6 is 0 Å². The Morgan fingerprint density at radius 3 is 2.20 bits per heavy atom. The highest BCUT2D eigenvalue weighted by Crippen LogP contribution is 2.17. The first-order valence-electron chi connectivity index (χ1n) is 11.1. The first kappa shape index (κ1) is 23.8. The maximum absolute atomic E-state index is 14.0. The van der Waals surface area contributed by atoms with E-state index in [0.29, 0.717) is 13.1 Å². The fourth-order valence-electron chi connectivity index (χ4n) is 3.36. The Hall–Kier alpha value is -2.43. The van der Waals surface area contributed by atoms with Gasteiger partial charge in [0, 0.05) is 19.2 Å². The van der Waals surface area contributed by atoms with Gasteiger partial charge in [0.15, 0.2) is 0 Å². The van der Waals surface area contributed by atoms with E-state index in [2.05, 4.69) is 43.4 Å². The summed E-state index contributed by atoms with van der Waals surface area (Å²) in [5, 5.41) is 2.59. The van der Waals surface area contributed by atoms with Crippen molar-refractivity contribution in [3.05, 3.63) is 65.2 Å². The van der Waals surface area contributed by atoms with Crippen molar-refractivity contribution in [2.24, 2.45) is 0 Å². The topological polar surface area (TPSA) is 32.3 Å². The molecule has 0 spiro atoms. The Bertz CT molecular complexity index is 777. The predicted molar refractivity (Wildman–Crippen MR) is 120 cm³/mol. The van der Waals surface area contributed by atoms with Crippen molar-refractivity contribution < 1.29 is 13.6 Å². The Balaban J connectivity index is 2.03. The lowest BCUT2D eigenvalue weighted by molar-refractivity contribution is 0.207. The number of amides is 2. The Morgan fingerprint density at radius 1 is 0.867 bits per heavy atom. The van der Waals surface area contributed by atoms with Gasteiger partial charge in [0.2, 0.25) is 0 Å². The van der Waals surface area contributed by atoms with Gasteiger partial charge in [-0.3, -0.25) is 0 Å². The SMILES string of the molecule is CCCCCCCN(Cc1ccc(CCCC)cc1)C(=O)Nc1ccc(F)cc1F. The van der Waals surface area contributed by atoms with Crippen molar-refractivity contribution >= 4 is 11.7 Å². The standard InChI is InChI=1S/C25H34F2N2O/c1-3-5-7-8-9-17-29(19-21-13-11-20(12-14-21)10-6-4-2)25(30)28-24-16-15-22(26)18-23(24)27/h11-16,18H,3-10,17,19H2,1-2H3,(H,28,30). The third-order valence-corrected chi connectivity index (χ3v) is 5.21. The highest BCUT2D eigenvalue weighted by molar-refractivity contribution is 5.89. The molecule has 0 saturated carbocycles. The van der Waals surface area contributed by atoms with Crippen molar-refractivity contribution in [1.82, 2.24) is 4.90 Å². The molecule has 1 N–H and O–H groups in total. The molecule has 5 heteroatoms. The summed E-state index contributed by atoms with van der Waals surface area (Å²) < 4.78 is 27.1. The molecule has 0 unspecified atom stereocenters. The molecule has 0 fully saturated rings. The molecule has 30 heavy (non-hydrogen) atoms. The van der Waals surface area contributed by atoms with E-state index >= 15 is 0 Å². The summed E-state index contributed by atoms with van der Waals surface area (Å²) in [6, 6.07) is 11.1. The van der Waals surface area contributed by atoms with Gasteiger partial charge in [-0.2, -0.15) is 0 Å². The third kappa shape index (κ3) is 8.13. The van der Waals surface area contributed by atoms with Crippen LogP contribution < -0.4 is 5.32 Å². The van der Waals surface area contributed by atoms with Crippen molar-refractivity contribution in [2.45, 2.75) is 71.8 Å². The molecular weight excluding hydrogens is 382 g/mol. The van der Waals surface area contributed by atoms with Crippen molar-refractivity contribution in [2.75, 3.05) is 11.9 Å². The third-order valence-electron chi connectivity index (χ3n) is 5.21. The van der Waals surface area contributed by atoms with Crippen LogP contribution in [-0.2, 0) is 13.0 Å². The van der Waals surface area contributed by atoms with Crippen LogP contribution in [0.2, 0.25) is 0 Å². The Morgan fingerprint density at radius 2 is 1.53 bits per heavy atom. The van der Waals surface area contributed by atoms with Gasteiger partial charge >= 0.3 is 6.03 Å². The van der Waals surface area contributed by atoms with Gasteiger partial charge in [0.05, 0.1) is 5.69 Å². The van der Waals surface area contributed by atoms with E-state index in [9.17, 15) is 13.6 Å². The minimum absolute atomic E-state index is 0.00713. The van der Waals surface area contributed by atoms with Gasteiger partial charge in [-0.25, -0.2) is 13.6 Å². The number of benzene rings is 2. The summed E-state index contributed by atoms with van der Waals surface area (Å²) in [6.45, 7) is 5.39. The number of halogens is 2. The van der Waals surface area contributed by atoms with E-state index in [0.717, 1.165) is 56.2 Å². The summed E-state index contributed by atoms with van der Waals surface area (Å²) in [7, 11) is 0. The van der Waals surface area contributed by atoms with Crippen molar-refractivity contribution in [3.8, 4) is 0 Å². The molecule has 2 amide bonds. The quantitative estimate of drug-likeness (QED) is 0.361. The number of nitrogens with one attached hydrogen (secondary N) is 1. The number of rotatable bonds is 12. The molecule has 2 aromatic rings. The zero-order valence-electron chi connectivity index (χ0n) is 18.2. The molecule has 2 aromatic carbocycles. The zero-order valence-corrected chi connectivity index (χ0v) is 18.2. The summed E-state index contributed by atoms with van der Waals surface area (Å²) in [5.74, 6) is -1.44. The summed E-state index contributed by atoms with van der Waals surface area (Å²) >= 11 is 0. The molecule has 0 radical (unpaired) electrons. The second kappa shape index (κ2) is 13.0. The maximum Gasteiger partial charge on any atom is 0.322 e. The van der Waals surface area contributed by atoms with E-state index in [-0.39, 0.29) is 11.7 Å². The van der Waals surface area contributed by atoms with Crippen LogP contribution in [0.25, 0.3) is 0 Å². The van der Waals surface area contributed by atoms with E-state index in [1.807, 2.05) is 0 Å². The number of anilines is 1. The number of unbranched alkanes of at least 4 members (excludes halogenated alkanes) is 5. The largest absolute Gasteiger partial charge is 0.322 e. The summed E-state index contributed by atoms with van der Waals surface area (Å²) in [4.78, 5) is 14.5. The Kier molecular flexibility index (Phi) is 10.3. The van der Waals surface area contributed by atoms with Crippen molar-refractivity contribution in [1.29, 1.82) is 0 Å². The molecule has 0 aliphatic heterocycles. The molecule has 0 aromatic heterocycles. The number of urea groups is 1. The lowest BCUT2D eigenvalue weighted by Gasteiger charge is -2.24. The average molecular weight is 417 g/mol. The molecule has 0 saturated heterocycles. The number of carbonyl (C=O) groups is 1. The number of hydrogen-bond donors (Lipinski definition) is 1. The highest BCUT2D eigenvalue weighted by atomic mass is 19.1. The molecule has 164 valence electrons. The fraction of sp³-hybridized carbons (Fsp3) is 0.480.